The highest BCUT2D eigenvalue weighted by molar-refractivity contribution is 5.98. The van der Waals surface area contributed by atoms with Crippen molar-refractivity contribution in [1.29, 1.82) is 5.26 Å². The van der Waals surface area contributed by atoms with E-state index in [1.165, 1.54) is 0 Å². The molecule has 5 heteroatoms. The van der Waals surface area contributed by atoms with E-state index in [-0.39, 0.29) is 17.9 Å². The van der Waals surface area contributed by atoms with Gasteiger partial charge in [-0.15, -0.1) is 0 Å². The second-order valence-electron chi connectivity index (χ2n) is 4.46. The molecule has 0 aromatic heterocycles. The van der Waals surface area contributed by atoms with E-state index >= 15 is 0 Å². The fourth-order valence-electron chi connectivity index (χ4n) is 2.30. The van der Waals surface area contributed by atoms with Crippen LogP contribution in [0.4, 0.5) is 0 Å². The van der Waals surface area contributed by atoms with Gasteiger partial charge >= 0.3 is 0 Å². The normalized spacial score (nSPS) is 17.9. The molecule has 2 rings (SSSR count). The van der Waals surface area contributed by atoms with E-state index in [9.17, 15) is 9.59 Å². The standard InChI is InChI=1S/C14H15N3O2/c1-16-13(18)12-3-2-8-17(12)14(19)11-6-4-10(9-15)5-7-11/h4-7,12H,2-3,8H2,1H3,(H,16,18). The van der Waals surface area contributed by atoms with Crippen LogP contribution < -0.4 is 5.32 Å². The molecule has 19 heavy (non-hydrogen) atoms. The number of carbonyl (C=O) groups is 2. The predicted molar refractivity (Wildman–Crippen MR) is 69.3 cm³/mol. The number of nitrogens with zero attached hydrogens (tertiary/aromatic N) is 2. The highest BCUT2D eigenvalue weighted by Crippen LogP contribution is 2.20. The van der Waals surface area contributed by atoms with Crippen molar-refractivity contribution in [1.82, 2.24) is 10.2 Å². The molecule has 0 bridgehead atoms. The zero-order valence-electron chi connectivity index (χ0n) is 10.7. The molecule has 1 unspecified atom stereocenters. The van der Waals surface area contributed by atoms with E-state index < -0.39 is 0 Å². The topological polar surface area (TPSA) is 73.2 Å². The second-order valence-corrected chi connectivity index (χ2v) is 4.46. The molecular formula is C14H15N3O2. The van der Waals surface area contributed by atoms with E-state index in [1.54, 1.807) is 36.2 Å². The first-order valence-electron chi connectivity index (χ1n) is 6.20. The van der Waals surface area contributed by atoms with E-state index in [0.29, 0.717) is 24.1 Å². The van der Waals surface area contributed by atoms with Gasteiger partial charge in [-0.2, -0.15) is 5.26 Å². The van der Waals surface area contributed by atoms with Gasteiger partial charge in [-0.3, -0.25) is 9.59 Å². The molecule has 1 fully saturated rings. The molecule has 1 aliphatic heterocycles. The van der Waals surface area contributed by atoms with Gasteiger partial charge in [0, 0.05) is 19.2 Å². The summed E-state index contributed by atoms with van der Waals surface area (Å²) in [6, 6.07) is 8.10. The van der Waals surface area contributed by atoms with Crippen molar-refractivity contribution in [2.75, 3.05) is 13.6 Å². The summed E-state index contributed by atoms with van der Waals surface area (Å²) in [7, 11) is 1.57. The lowest BCUT2D eigenvalue weighted by molar-refractivity contribution is -0.124. The number of amides is 2. The molecule has 0 spiro atoms. The van der Waals surface area contributed by atoms with Crippen molar-refractivity contribution in [3.8, 4) is 6.07 Å². The van der Waals surface area contributed by atoms with Crippen LogP contribution >= 0.6 is 0 Å². The van der Waals surface area contributed by atoms with Crippen molar-refractivity contribution in [2.24, 2.45) is 0 Å². The Morgan fingerprint density at radius 3 is 2.63 bits per heavy atom. The Balaban J connectivity index is 2.18. The molecule has 2 amide bonds. The Labute approximate surface area is 111 Å². The summed E-state index contributed by atoms with van der Waals surface area (Å²) < 4.78 is 0. The second kappa shape index (κ2) is 5.53. The number of benzene rings is 1. The summed E-state index contributed by atoms with van der Waals surface area (Å²) in [6.07, 6.45) is 1.53. The first-order chi connectivity index (χ1) is 9.17. The fraction of sp³-hybridized carbons (Fsp3) is 0.357. The van der Waals surface area contributed by atoms with Gasteiger partial charge in [-0.1, -0.05) is 0 Å². The maximum absolute atomic E-state index is 12.3. The monoisotopic (exact) mass is 257 g/mol. The molecular weight excluding hydrogens is 242 g/mol. The number of carbonyl (C=O) groups excluding carboxylic acids is 2. The zero-order chi connectivity index (χ0) is 13.8. The summed E-state index contributed by atoms with van der Waals surface area (Å²) in [6.45, 7) is 0.594. The van der Waals surface area contributed by atoms with Gasteiger partial charge in [0.2, 0.25) is 5.91 Å². The Hall–Kier alpha value is -2.35. The largest absolute Gasteiger partial charge is 0.357 e. The Morgan fingerprint density at radius 2 is 2.05 bits per heavy atom. The average Bonchev–Trinajstić information content (AvgIpc) is 2.95. The minimum Gasteiger partial charge on any atom is -0.357 e. The summed E-state index contributed by atoms with van der Waals surface area (Å²) in [5.74, 6) is -0.282. The molecule has 0 saturated carbocycles. The molecule has 1 N–H and O–H groups in total. The minimum atomic E-state index is -0.381. The Bertz CT molecular complexity index is 531. The molecule has 98 valence electrons. The molecule has 1 atom stereocenters. The van der Waals surface area contributed by atoms with E-state index in [0.717, 1.165) is 6.42 Å². The zero-order valence-corrected chi connectivity index (χ0v) is 10.7. The van der Waals surface area contributed by atoms with Crippen LogP contribution in [-0.4, -0.2) is 36.3 Å². The van der Waals surface area contributed by atoms with Crippen LogP contribution in [0.3, 0.4) is 0 Å². The lowest BCUT2D eigenvalue weighted by Crippen LogP contribution is -2.44. The molecule has 0 aliphatic carbocycles. The van der Waals surface area contributed by atoms with Gasteiger partial charge in [-0.05, 0) is 37.1 Å². The highest BCUT2D eigenvalue weighted by Gasteiger charge is 2.33. The first-order valence-corrected chi connectivity index (χ1v) is 6.20. The van der Waals surface area contributed by atoms with Crippen LogP contribution in [-0.2, 0) is 4.79 Å². The van der Waals surface area contributed by atoms with E-state index in [2.05, 4.69) is 5.32 Å². The number of likely N-dealkylation sites (tertiary alicyclic amines) is 1. The summed E-state index contributed by atoms with van der Waals surface area (Å²) in [5.41, 5.74) is 1.02. The van der Waals surface area contributed by atoms with Crippen molar-refractivity contribution < 1.29 is 9.59 Å². The third-order valence-corrected chi connectivity index (χ3v) is 3.32. The molecule has 5 nitrogen and oxygen atoms in total. The van der Waals surface area contributed by atoms with Gasteiger partial charge in [0.15, 0.2) is 0 Å². The number of hydrogen-bond acceptors (Lipinski definition) is 3. The van der Waals surface area contributed by atoms with Crippen molar-refractivity contribution >= 4 is 11.8 Å². The molecule has 1 heterocycles. The Morgan fingerprint density at radius 1 is 1.37 bits per heavy atom. The molecule has 0 radical (unpaired) electrons. The number of hydrogen-bond donors (Lipinski definition) is 1. The SMILES string of the molecule is CNC(=O)C1CCCN1C(=O)c1ccc(C#N)cc1. The van der Waals surface area contributed by atoms with E-state index in [4.69, 9.17) is 5.26 Å². The average molecular weight is 257 g/mol. The lowest BCUT2D eigenvalue weighted by Gasteiger charge is -2.23. The molecule has 1 aliphatic rings. The van der Waals surface area contributed by atoms with Crippen LogP contribution in [0.5, 0.6) is 0 Å². The van der Waals surface area contributed by atoms with Crippen LogP contribution in [0.25, 0.3) is 0 Å². The summed E-state index contributed by atoms with van der Waals surface area (Å²) in [5, 5.41) is 11.3. The highest BCUT2D eigenvalue weighted by atomic mass is 16.2. The third kappa shape index (κ3) is 2.58. The van der Waals surface area contributed by atoms with Crippen molar-refractivity contribution in [3.63, 3.8) is 0 Å². The third-order valence-electron chi connectivity index (χ3n) is 3.32. The number of likely N-dealkylation sites (N-methyl/N-ethyl adjacent to an activating group) is 1. The fourth-order valence-corrected chi connectivity index (χ4v) is 2.30. The molecule has 1 saturated heterocycles. The van der Waals surface area contributed by atoms with Crippen LogP contribution in [0.2, 0.25) is 0 Å². The first kappa shape index (κ1) is 13.1. The van der Waals surface area contributed by atoms with Crippen LogP contribution in [0, 0.1) is 11.3 Å². The van der Waals surface area contributed by atoms with Crippen molar-refractivity contribution in [2.45, 2.75) is 18.9 Å². The molecule has 1 aromatic carbocycles. The Kier molecular flexibility index (Phi) is 3.81. The van der Waals surface area contributed by atoms with Gasteiger partial charge in [-0.25, -0.2) is 0 Å². The van der Waals surface area contributed by atoms with Crippen LogP contribution in [0.15, 0.2) is 24.3 Å². The summed E-state index contributed by atoms with van der Waals surface area (Å²) in [4.78, 5) is 25.7. The smallest absolute Gasteiger partial charge is 0.254 e. The van der Waals surface area contributed by atoms with E-state index in [1.807, 2.05) is 6.07 Å². The predicted octanol–water partition coefficient (Wildman–Crippen LogP) is 0.909. The number of nitrogens with one attached hydrogen (secondary N) is 1. The maximum atomic E-state index is 12.3. The number of nitriles is 1. The maximum Gasteiger partial charge on any atom is 0.254 e. The van der Waals surface area contributed by atoms with Gasteiger partial charge < -0.3 is 10.2 Å². The van der Waals surface area contributed by atoms with Crippen LogP contribution in [0.1, 0.15) is 28.8 Å². The minimum absolute atomic E-state index is 0.125. The van der Waals surface area contributed by atoms with Crippen molar-refractivity contribution in [3.05, 3.63) is 35.4 Å². The summed E-state index contributed by atoms with van der Waals surface area (Å²) >= 11 is 0. The lowest BCUT2D eigenvalue weighted by atomic mass is 10.1. The van der Waals surface area contributed by atoms with Gasteiger partial charge in [0.05, 0.1) is 11.6 Å². The quantitative estimate of drug-likeness (QED) is 0.855. The van der Waals surface area contributed by atoms with Gasteiger partial charge in [0.1, 0.15) is 6.04 Å². The van der Waals surface area contributed by atoms with Gasteiger partial charge in [0.25, 0.3) is 5.91 Å². The number of rotatable bonds is 2. The molecule has 1 aromatic rings.